The number of hydrogen-bond donors (Lipinski definition) is 2. The highest BCUT2D eigenvalue weighted by Crippen LogP contribution is 2.31. The number of carbonyl (C=O) groups is 2. The number of amides is 2. The van der Waals surface area contributed by atoms with Gasteiger partial charge in [0.05, 0.1) is 5.69 Å². The quantitative estimate of drug-likeness (QED) is 0.838. The number of nitrogens with one attached hydrogen (secondary N) is 1. The Hall–Kier alpha value is -2.79. The highest BCUT2D eigenvalue weighted by Gasteiger charge is 2.39. The first-order chi connectivity index (χ1) is 11.4. The van der Waals surface area contributed by atoms with Crippen molar-refractivity contribution in [3.63, 3.8) is 0 Å². The second kappa shape index (κ2) is 6.02. The smallest absolute Gasteiger partial charge is 0.283 e. The summed E-state index contributed by atoms with van der Waals surface area (Å²) in [5, 5.41) is 12.1. The van der Waals surface area contributed by atoms with Gasteiger partial charge in [-0.05, 0) is 49.2 Å². The fourth-order valence-corrected chi connectivity index (χ4v) is 2.87. The van der Waals surface area contributed by atoms with Crippen molar-refractivity contribution in [1.29, 1.82) is 0 Å². The Morgan fingerprint density at radius 3 is 2.29 bits per heavy atom. The Labute approximate surface area is 144 Å². The van der Waals surface area contributed by atoms with E-state index in [1.807, 2.05) is 19.9 Å². The van der Waals surface area contributed by atoms with Crippen LogP contribution in [0.15, 0.2) is 53.2 Å². The second-order valence-electron chi connectivity index (χ2n) is 5.66. The predicted octanol–water partition coefficient (Wildman–Crippen LogP) is 3.44. The third-order valence-electron chi connectivity index (χ3n) is 3.61. The molecule has 122 valence electrons. The van der Waals surface area contributed by atoms with Crippen LogP contribution in [-0.4, -0.2) is 16.9 Å². The van der Waals surface area contributed by atoms with Gasteiger partial charge in [0, 0.05) is 11.8 Å². The Morgan fingerprint density at radius 1 is 1.00 bits per heavy atom. The van der Waals surface area contributed by atoms with E-state index in [1.165, 1.54) is 12.1 Å². The van der Waals surface area contributed by atoms with Crippen LogP contribution < -0.4 is 10.2 Å². The molecule has 2 aromatic rings. The van der Waals surface area contributed by atoms with Crippen molar-refractivity contribution < 1.29 is 14.7 Å². The summed E-state index contributed by atoms with van der Waals surface area (Å²) in [6.45, 7) is 3.78. The average molecular weight is 343 g/mol. The molecule has 3 rings (SSSR count). The lowest BCUT2D eigenvalue weighted by Gasteiger charge is -2.16. The molecule has 0 aliphatic carbocycles. The van der Waals surface area contributed by atoms with E-state index in [-0.39, 0.29) is 16.5 Å². The number of rotatable bonds is 3. The molecule has 0 unspecified atom stereocenters. The van der Waals surface area contributed by atoms with Crippen LogP contribution in [0, 0.1) is 13.8 Å². The van der Waals surface area contributed by atoms with Gasteiger partial charge in [-0.1, -0.05) is 23.7 Å². The lowest BCUT2D eigenvalue weighted by molar-refractivity contribution is -0.120. The first-order valence-corrected chi connectivity index (χ1v) is 7.67. The molecule has 2 amide bonds. The molecule has 0 bridgehead atoms. The number of anilines is 2. The van der Waals surface area contributed by atoms with Crippen molar-refractivity contribution in [3.05, 3.63) is 64.3 Å². The zero-order valence-electron chi connectivity index (χ0n) is 13.1. The van der Waals surface area contributed by atoms with Crippen molar-refractivity contribution in [2.24, 2.45) is 0 Å². The van der Waals surface area contributed by atoms with Crippen LogP contribution in [-0.2, 0) is 9.59 Å². The number of benzene rings is 2. The summed E-state index contributed by atoms with van der Waals surface area (Å²) in [6, 6.07) is 11.7. The number of carbonyl (C=O) groups excluding carboxylic acids is 2. The van der Waals surface area contributed by atoms with Gasteiger partial charge >= 0.3 is 0 Å². The van der Waals surface area contributed by atoms with E-state index in [2.05, 4.69) is 5.32 Å². The molecule has 0 saturated heterocycles. The SMILES string of the molecule is Cc1cc(C)cc(N2C(=O)C(Cl)=C(Nc3cccc(O)c3)C2=O)c1. The van der Waals surface area contributed by atoms with Gasteiger partial charge in [0.15, 0.2) is 0 Å². The number of halogens is 1. The number of aryl methyl sites for hydroxylation is 2. The third-order valence-corrected chi connectivity index (χ3v) is 3.96. The van der Waals surface area contributed by atoms with Crippen LogP contribution in [0.2, 0.25) is 0 Å². The van der Waals surface area contributed by atoms with Crippen LogP contribution in [0.5, 0.6) is 5.75 Å². The predicted molar refractivity (Wildman–Crippen MR) is 93.0 cm³/mol. The van der Waals surface area contributed by atoms with Gasteiger partial charge in [0.25, 0.3) is 11.8 Å². The van der Waals surface area contributed by atoms with Crippen molar-refractivity contribution >= 4 is 34.8 Å². The molecular weight excluding hydrogens is 328 g/mol. The molecule has 0 fully saturated rings. The molecule has 2 N–H and O–H groups in total. The Morgan fingerprint density at radius 2 is 1.67 bits per heavy atom. The Balaban J connectivity index is 1.95. The van der Waals surface area contributed by atoms with Gasteiger partial charge in [-0.2, -0.15) is 0 Å². The van der Waals surface area contributed by atoms with Gasteiger partial charge in [-0.3, -0.25) is 9.59 Å². The van der Waals surface area contributed by atoms with E-state index >= 15 is 0 Å². The molecule has 0 radical (unpaired) electrons. The normalized spacial score (nSPS) is 14.5. The third kappa shape index (κ3) is 2.86. The number of aromatic hydroxyl groups is 1. The van der Waals surface area contributed by atoms with E-state index in [0.717, 1.165) is 16.0 Å². The lowest BCUT2D eigenvalue weighted by Crippen LogP contribution is -2.32. The minimum Gasteiger partial charge on any atom is -0.508 e. The maximum atomic E-state index is 12.7. The number of phenolic OH excluding ortho intramolecular Hbond substituents is 1. The summed E-state index contributed by atoms with van der Waals surface area (Å²) >= 11 is 6.08. The van der Waals surface area contributed by atoms with Crippen molar-refractivity contribution in [2.75, 3.05) is 10.2 Å². The highest BCUT2D eigenvalue weighted by atomic mass is 35.5. The fraction of sp³-hybridized carbons (Fsp3) is 0.111. The van der Waals surface area contributed by atoms with E-state index < -0.39 is 11.8 Å². The summed E-state index contributed by atoms with van der Waals surface area (Å²) in [4.78, 5) is 26.2. The summed E-state index contributed by atoms with van der Waals surface area (Å²) in [5.74, 6) is -1.06. The second-order valence-corrected chi connectivity index (χ2v) is 6.03. The van der Waals surface area contributed by atoms with Crippen LogP contribution in [0.25, 0.3) is 0 Å². The van der Waals surface area contributed by atoms with Crippen LogP contribution >= 0.6 is 11.6 Å². The molecule has 1 heterocycles. The summed E-state index contributed by atoms with van der Waals surface area (Å²) in [7, 11) is 0. The van der Waals surface area contributed by atoms with Gasteiger partial charge in [-0.15, -0.1) is 0 Å². The van der Waals surface area contributed by atoms with Crippen molar-refractivity contribution in [2.45, 2.75) is 13.8 Å². The van der Waals surface area contributed by atoms with E-state index in [9.17, 15) is 14.7 Å². The molecule has 1 aliphatic heterocycles. The number of imide groups is 1. The van der Waals surface area contributed by atoms with E-state index in [4.69, 9.17) is 11.6 Å². The molecule has 0 saturated carbocycles. The van der Waals surface area contributed by atoms with E-state index in [0.29, 0.717) is 11.4 Å². The maximum Gasteiger partial charge on any atom is 0.283 e. The summed E-state index contributed by atoms with van der Waals surface area (Å²) in [6.07, 6.45) is 0. The zero-order chi connectivity index (χ0) is 17.4. The van der Waals surface area contributed by atoms with Crippen molar-refractivity contribution in [1.82, 2.24) is 0 Å². The molecule has 5 nitrogen and oxygen atoms in total. The zero-order valence-corrected chi connectivity index (χ0v) is 13.9. The lowest BCUT2D eigenvalue weighted by atomic mass is 10.1. The van der Waals surface area contributed by atoms with E-state index in [1.54, 1.807) is 24.3 Å². The average Bonchev–Trinajstić information content (AvgIpc) is 2.70. The van der Waals surface area contributed by atoms with Crippen LogP contribution in [0.4, 0.5) is 11.4 Å². The molecule has 0 atom stereocenters. The van der Waals surface area contributed by atoms with Gasteiger partial charge < -0.3 is 10.4 Å². The maximum absolute atomic E-state index is 12.7. The summed E-state index contributed by atoms with van der Waals surface area (Å²) in [5.41, 5.74) is 2.82. The molecule has 6 heteroatoms. The Kier molecular flexibility index (Phi) is 4.03. The molecule has 24 heavy (non-hydrogen) atoms. The summed E-state index contributed by atoms with van der Waals surface area (Å²) < 4.78 is 0. The Bertz CT molecular complexity index is 869. The number of hydrogen-bond acceptors (Lipinski definition) is 4. The monoisotopic (exact) mass is 342 g/mol. The minimum absolute atomic E-state index is 0.00794. The van der Waals surface area contributed by atoms with Crippen LogP contribution in [0.1, 0.15) is 11.1 Å². The first-order valence-electron chi connectivity index (χ1n) is 7.30. The standard InChI is InChI=1S/C18H15ClN2O3/c1-10-6-11(2)8-13(7-10)21-17(23)15(19)16(18(21)24)20-12-4-3-5-14(22)9-12/h3-9,20,22H,1-2H3. The fourth-order valence-electron chi connectivity index (χ4n) is 2.65. The number of phenols is 1. The highest BCUT2D eigenvalue weighted by molar-refractivity contribution is 6.53. The largest absolute Gasteiger partial charge is 0.508 e. The van der Waals surface area contributed by atoms with Gasteiger partial charge in [0.1, 0.15) is 16.5 Å². The van der Waals surface area contributed by atoms with Crippen LogP contribution in [0.3, 0.4) is 0 Å². The minimum atomic E-state index is -0.575. The topological polar surface area (TPSA) is 69.6 Å². The molecule has 2 aromatic carbocycles. The van der Waals surface area contributed by atoms with Gasteiger partial charge in [-0.25, -0.2) is 4.90 Å². The molecular formula is C18H15ClN2O3. The molecule has 1 aliphatic rings. The first kappa shape index (κ1) is 16.1. The van der Waals surface area contributed by atoms with Gasteiger partial charge in [0.2, 0.25) is 0 Å². The number of nitrogens with zero attached hydrogens (tertiary/aromatic N) is 1. The molecule has 0 aromatic heterocycles. The molecule has 0 spiro atoms. The van der Waals surface area contributed by atoms with Crippen molar-refractivity contribution in [3.8, 4) is 5.75 Å².